The second kappa shape index (κ2) is 8.42. The fourth-order valence-corrected chi connectivity index (χ4v) is 3.71. The number of hydrogen-bond donors (Lipinski definition) is 2. The van der Waals surface area contributed by atoms with Crippen LogP contribution in [-0.4, -0.2) is 57.3 Å². The summed E-state index contributed by atoms with van der Waals surface area (Å²) in [5, 5.41) is 11.5. The van der Waals surface area contributed by atoms with Crippen molar-refractivity contribution in [1.82, 2.24) is 10.2 Å². The molecular weight excluding hydrogens is 320 g/mol. The number of ether oxygens (including phenoxy) is 1. The van der Waals surface area contributed by atoms with E-state index in [4.69, 9.17) is 4.74 Å². The molecule has 0 aromatic rings. The van der Waals surface area contributed by atoms with Crippen molar-refractivity contribution in [2.24, 2.45) is 0 Å². The van der Waals surface area contributed by atoms with Crippen LogP contribution in [0.4, 0.5) is 4.79 Å². The van der Waals surface area contributed by atoms with Crippen LogP contribution in [-0.2, 0) is 14.3 Å². The number of carboxylic acids is 1. The first-order valence-corrected chi connectivity index (χ1v) is 8.83. The molecule has 2 N–H and O–H groups in total. The standard InChI is InChI=1S/C15H26N2O5S/c1-5-6-7-12-17(10(9-23-12)13(19)20)11(18)8-16-14(21)22-15(2,3)4/h10,12H,5-9H2,1-4H3,(H,16,21)(H,19,20)/t10-,12?/m0/s1. The summed E-state index contributed by atoms with van der Waals surface area (Å²) in [4.78, 5) is 36.7. The maximum absolute atomic E-state index is 12.4. The molecule has 1 aliphatic rings. The Kier molecular flexibility index (Phi) is 7.18. The number of carboxylic acid groups (broad SMARTS) is 1. The Bertz CT molecular complexity index is 450. The number of hydrogen-bond acceptors (Lipinski definition) is 5. The van der Waals surface area contributed by atoms with Crippen molar-refractivity contribution in [3.05, 3.63) is 0 Å². The van der Waals surface area contributed by atoms with E-state index in [-0.39, 0.29) is 11.9 Å². The zero-order valence-corrected chi connectivity index (χ0v) is 14.9. The lowest BCUT2D eigenvalue weighted by Gasteiger charge is -2.27. The van der Waals surface area contributed by atoms with E-state index in [1.54, 1.807) is 20.8 Å². The van der Waals surface area contributed by atoms with E-state index in [2.05, 4.69) is 5.32 Å². The van der Waals surface area contributed by atoms with Crippen LogP contribution in [0.3, 0.4) is 0 Å². The molecule has 0 aliphatic carbocycles. The number of carbonyl (C=O) groups excluding carboxylic acids is 2. The Balaban J connectivity index is 2.64. The zero-order chi connectivity index (χ0) is 17.6. The van der Waals surface area contributed by atoms with Gasteiger partial charge in [0.05, 0.1) is 5.37 Å². The Labute approximate surface area is 141 Å². The topological polar surface area (TPSA) is 95.9 Å². The smallest absolute Gasteiger partial charge is 0.408 e. The summed E-state index contributed by atoms with van der Waals surface area (Å²) in [6, 6.07) is -0.838. The van der Waals surface area contributed by atoms with Crippen LogP contribution >= 0.6 is 11.8 Å². The monoisotopic (exact) mass is 346 g/mol. The van der Waals surface area contributed by atoms with E-state index in [1.807, 2.05) is 6.92 Å². The van der Waals surface area contributed by atoms with E-state index >= 15 is 0 Å². The third kappa shape index (κ3) is 6.29. The van der Waals surface area contributed by atoms with Gasteiger partial charge in [-0.15, -0.1) is 11.8 Å². The molecule has 1 fully saturated rings. The predicted octanol–water partition coefficient (Wildman–Crippen LogP) is 2.06. The van der Waals surface area contributed by atoms with E-state index in [9.17, 15) is 19.5 Å². The molecule has 0 bridgehead atoms. The van der Waals surface area contributed by atoms with Gasteiger partial charge in [0, 0.05) is 5.75 Å². The Morgan fingerprint density at radius 1 is 1.35 bits per heavy atom. The van der Waals surface area contributed by atoms with Crippen LogP contribution in [0.25, 0.3) is 0 Å². The molecular formula is C15H26N2O5S. The van der Waals surface area contributed by atoms with Crippen LogP contribution < -0.4 is 5.32 Å². The molecule has 0 aromatic heterocycles. The number of nitrogens with one attached hydrogen (secondary N) is 1. The molecule has 1 unspecified atom stereocenters. The number of rotatable bonds is 6. The normalized spacial score (nSPS) is 21.1. The number of aliphatic carboxylic acids is 1. The number of thioether (sulfide) groups is 1. The molecule has 2 atom stereocenters. The van der Waals surface area contributed by atoms with Crippen LogP contribution in [0.5, 0.6) is 0 Å². The largest absolute Gasteiger partial charge is 0.480 e. The molecule has 8 heteroatoms. The van der Waals surface area contributed by atoms with Crippen LogP contribution in [0.2, 0.25) is 0 Å². The second-order valence-corrected chi connectivity index (χ2v) is 7.65. The second-order valence-electron chi connectivity index (χ2n) is 6.44. The van der Waals surface area contributed by atoms with E-state index in [0.29, 0.717) is 5.75 Å². The predicted molar refractivity (Wildman–Crippen MR) is 88.3 cm³/mol. The van der Waals surface area contributed by atoms with Gasteiger partial charge in [-0.1, -0.05) is 19.8 Å². The highest BCUT2D eigenvalue weighted by Gasteiger charge is 2.41. The lowest BCUT2D eigenvalue weighted by molar-refractivity contribution is -0.148. The summed E-state index contributed by atoms with van der Waals surface area (Å²) >= 11 is 1.48. The number of alkyl carbamates (subject to hydrolysis) is 1. The first-order valence-electron chi connectivity index (χ1n) is 7.78. The highest BCUT2D eigenvalue weighted by atomic mass is 32.2. The van der Waals surface area contributed by atoms with Crippen molar-refractivity contribution in [3.63, 3.8) is 0 Å². The number of unbranched alkanes of at least 4 members (excludes halogenated alkanes) is 1. The highest BCUT2D eigenvalue weighted by Crippen LogP contribution is 2.32. The number of amides is 2. The SMILES string of the molecule is CCCCC1SC[C@@H](C(=O)O)N1C(=O)CNC(=O)OC(C)(C)C. The summed E-state index contributed by atoms with van der Waals surface area (Å²) in [6.07, 6.45) is 1.97. The van der Waals surface area contributed by atoms with Crippen LogP contribution in [0.15, 0.2) is 0 Å². The van der Waals surface area contributed by atoms with E-state index in [0.717, 1.165) is 19.3 Å². The van der Waals surface area contributed by atoms with Crippen molar-refractivity contribution in [2.75, 3.05) is 12.3 Å². The first-order chi connectivity index (χ1) is 10.7. The van der Waals surface area contributed by atoms with Gasteiger partial charge in [0.1, 0.15) is 18.2 Å². The van der Waals surface area contributed by atoms with E-state index in [1.165, 1.54) is 16.7 Å². The molecule has 1 rings (SSSR count). The Morgan fingerprint density at radius 3 is 2.52 bits per heavy atom. The third-order valence-electron chi connectivity index (χ3n) is 3.25. The molecule has 1 aliphatic heterocycles. The van der Waals surface area contributed by atoms with Crippen molar-refractivity contribution in [1.29, 1.82) is 0 Å². The lowest BCUT2D eigenvalue weighted by Crippen LogP contribution is -2.49. The molecule has 1 heterocycles. The molecule has 7 nitrogen and oxygen atoms in total. The molecule has 132 valence electrons. The van der Waals surface area contributed by atoms with Gasteiger partial charge in [-0.25, -0.2) is 9.59 Å². The summed E-state index contributed by atoms with van der Waals surface area (Å²) in [7, 11) is 0. The quantitative estimate of drug-likeness (QED) is 0.764. The Hall–Kier alpha value is -1.44. The van der Waals surface area contributed by atoms with Gasteiger partial charge in [-0.2, -0.15) is 0 Å². The average molecular weight is 346 g/mol. The third-order valence-corrected chi connectivity index (χ3v) is 4.61. The fourth-order valence-electron chi connectivity index (χ4n) is 2.24. The molecule has 0 spiro atoms. The van der Waals surface area contributed by atoms with Gasteiger partial charge in [-0.05, 0) is 27.2 Å². The van der Waals surface area contributed by atoms with Gasteiger partial charge in [0.2, 0.25) is 5.91 Å². The molecule has 0 aromatic carbocycles. The number of nitrogens with zero attached hydrogens (tertiary/aromatic N) is 1. The maximum Gasteiger partial charge on any atom is 0.408 e. The molecule has 1 saturated heterocycles. The van der Waals surface area contributed by atoms with E-state index < -0.39 is 29.6 Å². The van der Waals surface area contributed by atoms with Gasteiger partial charge >= 0.3 is 12.1 Å². The van der Waals surface area contributed by atoms with Crippen molar-refractivity contribution >= 4 is 29.7 Å². The summed E-state index contributed by atoms with van der Waals surface area (Å²) in [5.74, 6) is -1.03. The van der Waals surface area contributed by atoms with Gasteiger partial charge in [0.25, 0.3) is 0 Å². The summed E-state index contributed by atoms with van der Waals surface area (Å²) in [6.45, 7) is 6.97. The van der Waals surface area contributed by atoms with Gasteiger partial charge in [0.15, 0.2) is 0 Å². The minimum absolute atomic E-state index is 0.149. The minimum Gasteiger partial charge on any atom is -0.480 e. The maximum atomic E-state index is 12.4. The summed E-state index contributed by atoms with van der Waals surface area (Å²) in [5.41, 5.74) is -0.649. The zero-order valence-electron chi connectivity index (χ0n) is 14.1. The van der Waals surface area contributed by atoms with Crippen LogP contribution in [0, 0.1) is 0 Å². The lowest BCUT2D eigenvalue weighted by atomic mass is 10.2. The summed E-state index contributed by atoms with van der Waals surface area (Å²) < 4.78 is 5.07. The minimum atomic E-state index is -1.01. The van der Waals surface area contributed by atoms with Crippen molar-refractivity contribution in [2.45, 2.75) is 64.0 Å². The number of carbonyl (C=O) groups is 3. The molecule has 0 saturated carbocycles. The van der Waals surface area contributed by atoms with Gasteiger partial charge in [-0.3, -0.25) is 4.79 Å². The molecule has 23 heavy (non-hydrogen) atoms. The van der Waals surface area contributed by atoms with Crippen LogP contribution in [0.1, 0.15) is 47.0 Å². The highest BCUT2D eigenvalue weighted by molar-refractivity contribution is 8.00. The molecule has 0 radical (unpaired) electrons. The fraction of sp³-hybridized carbons (Fsp3) is 0.800. The Morgan fingerprint density at radius 2 is 2.00 bits per heavy atom. The molecule has 2 amide bonds. The first kappa shape index (κ1) is 19.6. The van der Waals surface area contributed by atoms with Crippen molar-refractivity contribution < 1.29 is 24.2 Å². The average Bonchev–Trinajstić information content (AvgIpc) is 2.84. The van der Waals surface area contributed by atoms with Gasteiger partial charge < -0.3 is 20.1 Å². The van der Waals surface area contributed by atoms with Crippen molar-refractivity contribution in [3.8, 4) is 0 Å².